The predicted molar refractivity (Wildman–Crippen MR) is 94.9 cm³/mol. The van der Waals surface area contributed by atoms with E-state index in [1.165, 1.54) is 6.20 Å². The number of nitrogens with one attached hydrogen (secondary N) is 1. The molecular formula is C17H16BrClN2O3. The first-order valence-corrected chi connectivity index (χ1v) is 8.80. The monoisotopic (exact) mass is 410 g/mol. The highest BCUT2D eigenvalue weighted by Crippen LogP contribution is 2.27. The number of nitrogens with zero attached hydrogens (tertiary/aromatic N) is 1. The van der Waals surface area contributed by atoms with Gasteiger partial charge < -0.3 is 14.6 Å². The molecule has 0 spiro atoms. The number of benzene rings is 1. The van der Waals surface area contributed by atoms with Crippen LogP contribution in [-0.2, 0) is 0 Å². The first-order chi connectivity index (χ1) is 11.5. The number of hydrogen-bond acceptors (Lipinski definition) is 3. The van der Waals surface area contributed by atoms with Crippen LogP contribution in [-0.4, -0.2) is 41.3 Å². The number of carbonyl (C=O) groups excluding carboxylic acids is 2. The van der Waals surface area contributed by atoms with E-state index >= 15 is 0 Å². The summed E-state index contributed by atoms with van der Waals surface area (Å²) < 4.78 is 6.30. The van der Waals surface area contributed by atoms with E-state index in [2.05, 4.69) is 20.9 Å². The van der Waals surface area contributed by atoms with E-state index in [0.29, 0.717) is 22.0 Å². The van der Waals surface area contributed by atoms with Crippen molar-refractivity contribution in [3.05, 3.63) is 51.2 Å². The van der Waals surface area contributed by atoms with Crippen molar-refractivity contribution in [3.8, 4) is 5.75 Å². The molecule has 3 rings (SSSR count). The fraction of sp³-hybridized carbons (Fsp3) is 0.294. The van der Waals surface area contributed by atoms with Crippen LogP contribution >= 0.6 is 27.5 Å². The Bertz CT molecular complexity index is 769. The summed E-state index contributed by atoms with van der Waals surface area (Å²) in [7, 11) is 0. The molecule has 1 aliphatic rings. The summed E-state index contributed by atoms with van der Waals surface area (Å²) >= 11 is 9.36. The lowest BCUT2D eigenvalue weighted by molar-refractivity contribution is 0.0787. The topological polar surface area (TPSA) is 62.4 Å². The van der Waals surface area contributed by atoms with Crippen molar-refractivity contribution in [1.82, 2.24) is 9.88 Å². The van der Waals surface area contributed by atoms with Crippen molar-refractivity contribution in [3.63, 3.8) is 0 Å². The number of halogens is 2. The number of hydrogen-bond donors (Lipinski definition) is 1. The predicted octanol–water partition coefficient (Wildman–Crippen LogP) is 3.93. The van der Waals surface area contributed by atoms with Crippen LogP contribution in [0, 0.1) is 0 Å². The summed E-state index contributed by atoms with van der Waals surface area (Å²) in [6.45, 7) is 1.40. The van der Waals surface area contributed by atoms with Crippen molar-refractivity contribution in [2.45, 2.75) is 12.8 Å². The maximum absolute atomic E-state index is 12.3. The van der Waals surface area contributed by atoms with Crippen LogP contribution in [0.4, 0.5) is 0 Å². The molecular weight excluding hydrogens is 396 g/mol. The fourth-order valence-electron chi connectivity index (χ4n) is 2.59. The van der Waals surface area contributed by atoms with E-state index in [4.69, 9.17) is 16.3 Å². The van der Waals surface area contributed by atoms with E-state index < -0.39 is 0 Å². The smallest absolute Gasteiger partial charge is 0.270 e. The van der Waals surface area contributed by atoms with Gasteiger partial charge in [0.05, 0.1) is 5.02 Å². The lowest BCUT2D eigenvalue weighted by Gasteiger charge is -2.13. The first-order valence-electron chi connectivity index (χ1n) is 7.63. The van der Waals surface area contributed by atoms with Crippen LogP contribution in [0.3, 0.4) is 0 Å². The summed E-state index contributed by atoms with van der Waals surface area (Å²) in [4.78, 5) is 29.2. The second-order valence-electron chi connectivity index (χ2n) is 5.59. The minimum atomic E-state index is -0.217. The molecule has 2 heterocycles. The zero-order valence-electron chi connectivity index (χ0n) is 12.9. The molecule has 1 aromatic heterocycles. The van der Waals surface area contributed by atoms with Gasteiger partial charge in [0, 0.05) is 29.3 Å². The Balaban J connectivity index is 1.62. The lowest BCUT2D eigenvalue weighted by atomic mass is 10.2. The zero-order valence-corrected chi connectivity index (χ0v) is 15.2. The molecule has 0 radical (unpaired) electrons. The van der Waals surface area contributed by atoms with Crippen LogP contribution in [0.15, 0.2) is 34.9 Å². The normalized spacial score (nSPS) is 14.0. The number of Topliss-reactive ketones (excluding diaryl/α,β-unsaturated/α-hetero) is 1. The minimum Gasteiger partial charge on any atom is -0.484 e. The van der Waals surface area contributed by atoms with Gasteiger partial charge in [-0.3, -0.25) is 9.59 Å². The van der Waals surface area contributed by atoms with Gasteiger partial charge in [-0.25, -0.2) is 0 Å². The molecule has 0 unspecified atom stereocenters. The number of aromatic nitrogens is 1. The van der Waals surface area contributed by atoms with Crippen LogP contribution in [0.25, 0.3) is 0 Å². The Kier molecular flexibility index (Phi) is 5.26. The molecule has 1 fully saturated rings. The number of rotatable bonds is 5. The lowest BCUT2D eigenvalue weighted by Crippen LogP contribution is -2.27. The highest BCUT2D eigenvalue weighted by molar-refractivity contribution is 9.10. The number of likely N-dealkylation sites (tertiary alicyclic amines) is 1. The van der Waals surface area contributed by atoms with E-state index in [9.17, 15) is 9.59 Å². The molecule has 24 heavy (non-hydrogen) atoms. The molecule has 1 amide bonds. The van der Waals surface area contributed by atoms with Crippen LogP contribution in [0.5, 0.6) is 5.75 Å². The number of amides is 1. The quantitative estimate of drug-likeness (QED) is 0.758. The van der Waals surface area contributed by atoms with Crippen molar-refractivity contribution < 1.29 is 14.3 Å². The molecule has 1 aliphatic heterocycles. The van der Waals surface area contributed by atoms with Gasteiger partial charge >= 0.3 is 0 Å². The zero-order chi connectivity index (χ0) is 17.1. The van der Waals surface area contributed by atoms with Crippen molar-refractivity contribution >= 4 is 39.2 Å². The number of H-pyrrole nitrogens is 1. The highest BCUT2D eigenvalue weighted by Gasteiger charge is 2.21. The number of ketones is 1. The van der Waals surface area contributed by atoms with Crippen LogP contribution in [0.2, 0.25) is 5.02 Å². The molecule has 2 aromatic rings. The van der Waals surface area contributed by atoms with Gasteiger partial charge in [0.15, 0.2) is 6.61 Å². The molecule has 1 saturated heterocycles. The SMILES string of the molecule is O=C(COc1ccc(Br)cc1Cl)c1c[nH]c(C(=O)N2CCCC2)c1. The van der Waals surface area contributed by atoms with Crippen molar-refractivity contribution in [2.24, 2.45) is 0 Å². The van der Waals surface area contributed by atoms with Gasteiger partial charge in [-0.1, -0.05) is 27.5 Å². The molecule has 0 saturated carbocycles. The Morgan fingerprint density at radius 3 is 2.71 bits per heavy atom. The fourth-order valence-corrected chi connectivity index (χ4v) is 3.32. The van der Waals surface area contributed by atoms with Crippen LogP contribution < -0.4 is 4.74 Å². The molecule has 0 atom stereocenters. The van der Waals surface area contributed by atoms with Gasteiger partial charge in [0.2, 0.25) is 5.78 Å². The minimum absolute atomic E-state index is 0.0663. The van der Waals surface area contributed by atoms with Gasteiger partial charge in [-0.05, 0) is 37.1 Å². The standard InChI is InChI=1S/C17H16BrClN2O3/c18-12-3-4-16(13(19)8-12)24-10-15(22)11-7-14(20-9-11)17(23)21-5-1-2-6-21/h3-4,7-9,20H,1-2,5-6,10H2. The molecule has 5 nitrogen and oxygen atoms in total. The summed E-state index contributed by atoms with van der Waals surface area (Å²) in [5, 5.41) is 0.427. The van der Waals surface area contributed by atoms with Gasteiger partial charge in [-0.15, -0.1) is 0 Å². The van der Waals surface area contributed by atoms with Crippen molar-refractivity contribution in [2.75, 3.05) is 19.7 Å². The Labute approximate surface area is 153 Å². The maximum atomic E-state index is 12.3. The Morgan fingerprint density at radius 1 is 1.25 bits per heavy atom. The van der Waals surface area contributed by atoms with Gasteiger partial charge in [-0.2, -0.15) is 0 Å². The second kappa shape index (κ2) is 7.40. The maximum Gasteiger partial charge on any atom is 0.270 e. The Hall–Kier alpha value is -1.79. The third-order valence-corrected chi connectivity index (χ3v) is 4.67. The van der Waals surface area contributed by atoms with Crippen molar-refractivity contribution in [1.29, 1.82) is 0 Å². The molecule has 0 aliphatic carbocycles. The Morgan fingerprint density at radius 2 is 2.00 bits per heavy atom. The van der Waals surface area contributed by atoms with E-state index in [1.807, 2.05) is 0 Å². The summed E-state index contributed by atoms with van der Waals surface area (Å²) in [5.74, 6) is 0.159. The van der Waals surface area contributed by atoms with E-state index in [-0.39, 0.29) is 18.3 Å². The molecule has 126 valence electrons. The number of ether oxygens (including phenoxy) is 1. The largest absolute Gasteiger partial charge is 0.484 e. The third kappa shape index (κ3) is 3.82. The molecule has 7 heteroatoms. The van der Waals surface area contributed by atoms with E-state index in [0.717, 1.165) is 30.4 Å². The van der Waals surface area contributed by atoms with Crippen LogP contribution in [0.1, 0.15) is 33.7 Å². The summed E-state index contributed by atoms with van der Waals surface area (Å²) in [5.41, 5.74) is 0.854. The summed E-state index contributed by atoms with van der Waals surface area (Å²) in [6.07, 6.45) is 3.60. The number of aromatic amines is 1. The average molecular weight is 412 g/mol. The average Bonchev–Trinajstić information content (AvgIpc) is 3.25. The second-order valence-corrected chi connectivity index (χ2v) is 6.91. The number of carbonyl (C=O) groups is 2. The summed E-state index contributed by atoms with van der Waals surface area (Å²) in [6, 6.07) is 6.76. The molecule has 1 N–H and O–H groups in total. The highest BCUT2D eigenvalue weighted by atomic mass is 79.9. The van der Waals surface area contributed by atoms with Gasteiger partial charge in [0.25, 0.3) is 5.91 Å². The van der Waals surface area contributed by atoms with E-state index in [1.54, 1.807) is 29.2 Å². The molecule has 0 bridgehead atoms. The van der Waals surface area contributed by atoms with Gasteiger partial charge in [0.1, 0.15) is 11.4 Å². The third-order valence-electron chi connectivity index (χ3n) is 3.88. The first kappa shape index (κ1) is 17.0. The molecule has 1 aromatic carbocycles.